The topological polar surface area (TPSA) is 45.2 Å². The number of piperazine rings is 1. The van der Waals surface area contributed by atoms with E-state index in [0.717, 1.165) is 48.7 Å². The molecular formula is C18H22ClN3OS. The average Bonchev–Trinajstić information content (AvgIpc) is 3.00. The highest BCUT2D eigenvalue weighted by atomic mass is 35.5. The van der Waals surface area contributed by atoms with E-state index in [4.69, 9.17) is 11.6 Å². The van der Waals surface area contributed by atoms with Crippen LogP contribution in [0.3, 0.4) is 0 Å². The standard InChI is InChI=1S/C18H22ClN3OS/c1-13-21-16(12-24-13)6-3-7-18(23)22-9-8-20-11-17(22)14-4-2-5-15(19)10-14/h2,4-5,10,12,17,20H,3,6-9,11H2,1H3. The lowest BCUT2D eigenvalue weighted by Crippen LogP contribution is -2.48. The van der Waals surface area contributed by atoms with E-state index in [2.05, 4.69) is 15.7 Å². The summed E-state index contributed by atoms with van der Waals surface area (Å²) in [7, 11) is 0. The van der Waals surface area contributed by atoms with Gasteiger partial charge in [0.25, 0.3) is 0 Å². The van der Waals surface area contributed by atoms with Crippen molar-refractivity contribution in [1.82, 2.24) is 15.2 Å². The van der Waals surface area contributed by atoms with Gasteiger partial charge in [-0.1, -0.05) is 23.7 Å². The number of thiazole rings is 1. The first-order chi connectivity index (χ1) is 11.6. The van der Waals surface area contributed by atoms with E-state index in [9.17, 15) is 4.79 Å². The maximum Gasteiger partial charge on any atom is 0.223 e. The van der Waals surface area contributed by atoms with Gasteiger partial charge in [-0.25, -0.2) is 4.98 Å². The molecule has 2 heterocycles. The van der Waals surface area contributed by atoms with E-state index >= 15 is 0 Å². The Balaban J connectivity index is 1.61. The quantitative estimate of drug-likeness (QED) is 0.882. The van der Waals surface area contributed by atoms with E-state index in [1.165, 1.54) is 0 Å². The van der Waals surface area contributed by atoms with Crippen LogP contribution in [0.2, 0.25) is 5.02 Å². The molecule has 1 amide bonds. The fourth-order valence-corrected chi connectivity index (χ4v) is 3.95. The highest BCUT2D eigenvalue weighted by molar-refractivity contribution is 7.09. The zero-order chi connectivity index (χ0) is 16.9. The van der Waals surface area contributed by atoms with Gasteiger partial charge < -0.3 is 10.2 Å². The Hall–Kier alpha value is -1.43. The summed E-state index contributed by atoms with van der Waals surface area (Å²) in [5.41, 5.74) is 2.19. The monoisotopic (exact) mass is 363 g/mol. The molecule has 4 nitrogen and oxygen atoms in total. The van der Waals surface area contributed by atoms with Gasteiger partial charge in [0.05, 0.1) is 16.7 Å². The van der Waals surface area contributed by atoms with Crippen molar-refractivity contribution >= 4 is 28.8 Å². The first-order valence-corrected chi connectivity index (χ1v) is 9.56. The zero-order valence-corrected chi connectivity index (χ0v) is 15.4. The molecule has 0 aliphatic carbocycles. The summed E-state index contributed by atoms with van der Waals surface area (Å²) in [5.74, 6) is 0.216. The average molecular weight is 364 g/mol. The summed E-state index contributed by atoms with van der Waals surface area (Å²) in [4.78, 5) is 19.2. The van der Waals surface area contributed by atoms with Gasteiger partial charge in [0.15, 0.2) is 0 Å². The summed E-state index contributed by atoms with van der Waals surface area (Å²) in [6.07, 6.45) is 2.27. The van der Waals surface area contributed by atoms with Crippen LogP contribution in [0.15, 0.2) is 29.6 Å². The van der Waals surface area contributed by atoms with Crippen molar-refractivity contribution in [1.29, 1.82) is 0 Å². The lowest BCUT2D eigenvalue weighted by atomic mass is 10.0. The maximum absolute atomic E-state index is 12.7. The number of aryl methyl sites for hydroxylation is 2. The van der Waals surface area contributed by atoms with Gasteiger partial charge in [0.2, 0.25) is 5.91 Å². The fourth-order valence-electron chi connectivity index (χ4n) is 3.10. The van der Waals surface area contributed by atoms with Crippen molar-refractivity contribution in [2.24, 2.45) is 0 Å². The van der Waals surface area contributed by atoms with Crippen LogP contribution in [-0.2, 0) is 11.2 Å². The second-order valence-corrected chi connectivity index (χ2v) is 7.57. The van der Waals surface area contributed by atoms with Crippen LogP contribution in [-0.4, -0.2) is 35.4 Å². The Kier molecular flexibility index (Phi) is 5.87. The van der Waals surface area contributed by atoms with Crippen LogP contribution in [0.25, 0.3) is 0 Å². The predicted octanol–water partition coefficient (Wildman–Crippen LogP) is 3.60. The van der Waals surface area contributed by atoms with Gasteiger partial charge in [0, 0.05) is 36.5 Å². The Labute approximate surface area is 151 Å². The van der Waals surface area contributed by atoms with Crippen molar-refractivity contribution in [3.63, 3.8) is 0 Å². The third kappa shape index (κ3) is 4.35. The Morgan fingerprint density at radius 2 is 2.38 bits per heavy atom. The molecule has 1 saturated heterocycles. The second kappa shape index (κ2) is 8.10. The van der Waals surface area contributed by atoms with E-state index < -0.39 is 0 Å². The minimum atomic E-state index is 0.0615. The molecule has 1 fully saturated rings. The molecule has 1 aliphatic rings. The summed E-state index contributed by atoms with van der Waals surface area (Å²) in [6, 6.07) is 7.87. The van der Waals surface area contributed by atoms with Gasteiger partial charge in [-0.2, -0.15) is 0 Å². The number of hydrogen-bond donors (Lipinski definition) is 1. The number of nitrogens with one attached hydrogen (secondary N) is 1. The van der Waals surface area contributed by atoms with Crippen molar-refractivity contribution in [2.45, 2.75) is 32.2 Å². The minimum Gasteiger partial charge on any atom is -0.333 e. The molecule has 128 valence electrons. The molecule has 1 N–H and O–H groups in total. The maximum atomic E-state index is 12.7. The van der Waals surface area contributed by atoms with Crippen LogP contribution in [0.5, 0.6) is 0 Å². The molecule has 0 radical (unpaired) electrons. The summed E-state index contributed by atoms with van der Waals surface area (Å²) in [5, 5.41) is 7.25. The van der Waals surface area contributed by atoms with Crippen molar-refractivity contribution < 1.29 is 4.79 Å². The lowest BCUT2D eigenvalue weighted by Gasteiger charge is -2.36. The zero-order valence-electron chi connectivity index (χ0n) is 13.8. The Bertz CT molecular complexity index is 703. The van der Waals surface area contributed by atoms with E-state index in [1.807, 2.05) is 36.1 Å². The molecule has 0 bridgehead atoms. The lowest BCUT2D eigenvalue weighted by molar-refractivity contribution is -0.134. The van der Waals surface area contributed by atoms with Crippen LogP contribution in [0, 0.1) is 6.92 Å². The minimum absolute atomic E-state index is 0.0615. The molecule has 1 aromatic heterocycles. The van der Waals surface area contributed by atoms with Crippen molar-refractivity contribution in [3.05, 3.63) is 50.9 Å². The number of carbonyl (C=O) groups excluding carboxylic acids is 1. The van der Waals surface area contributed by atoms with Crippen LogP contribution in [0.4, 0.5) is 0 Å². The molecule has 1 unspecified atom stereocenters. The summed E-state index contributed by atoms with van der Waals surface area (Å²) < 4.78 is 0. The van der Waals surface area contributed by atoms with Gasteiger partial charge in [-0.3, -0.25) is 4.79 Å². The molecule has 24 heavy (non-hydrogen) atoms. The van der Waals surface area contributed by atoms with Gasteiger partial charge in [0.1, 0.15) is 0 Å². The third-order valence-corrected chi connectivity index (χ3v) is 5.34. The number of hydrogen-bond acceptors (Lipinski definition) is 4. The Morgan fingerprint density at radius 3 is 3.12 bits per heavy atom. The van der Waals surface area contributed by atoms with E-state index in [1.54, 1.807) is 11.3 Å². The van der Waals surface area contributed by atoms with E-state index in [-0.39, 0.29) is 11.9 Å². The molecule has 0 saturated carbocycles. The van der Waals surface area contributed by atoms with Crippen LogP contribution >= 0.6 is 22.9 Å². The SMILES string of the molecule is Cc1nc(CCCC(=O)N2CCNCC2c2cccc(Cl)c2)cs1. The van der Waals surface area contributed by atoms with Gasteiger partial charge >= 0.3 is 0 Å². The van der Waals surface area contributed by atoms with Crippen molar-refractivity contribution in [2.75, 3.05) is 19.6 Å². The number of benzene rings is 1. The number of nitrogens with zero attached hydrogens (tertiary/aromatic N) is 2. The fraction of sp³-hybridized carbons (Fsp3) is 0.444. The molecule has 0 spiro atoms. The molecule has 1 aromatic carbocycles. The van der Waals surface area contributed by atoms with Gasteiger partial charge in [-0.05, 0) is 37.5 Å². The molecular weight excluding hydrogens is 342 g/mol. The molecule has 1 atom stereocenters. The van der Waals surface area contributed by atoms with Crippen molar-refractivity contribution in [3.8, 4) is 0 Å². The van der Waals surface area contributed by atoms with Gasteiger partial charge in [-0.15, -0.1) is 11.3 Å². The summed E-state index contributed by atoms with van der Waals surface area (Å²) in [6.45, 7) is 4.37. The number of aromatic nitrogens is 1. The molecule has 1 aliphatic heterocycles. The number of halogens is 1. The van der Waals surface area contributed by atoms with Crippen LogP contribution in [0.1, 0.15) is 35.1 Å². The molecule has 6 heteroatoms. The third-order valence-electron chi connectivity index (χ3n) is 4.29. The van der Waals surface area contributed by atoms with E-state index in [0.29, 0.717) is 11.4 Å². The predicted molar refractivity (Wildman–Crippen MR) is 98.6 cm³/mol. The highest BCUT2D eigenvalue weighted by Crippen LogP contribution is 2.25. The second-order valence-electron chi connectivity index (χ2n) is 6.07. The first kappa shape index (κ1) is 17.4. The molecule has 3 rings (SSSR count). The largest absolute Gasteiger partial charge is 0.333 e. The number of amides is 1. The smallest absolute Gasteiger partial charge is 0.223 e. The number of rotatable bonds is 5. The Morgan fingerprint density at radius 1 is 1.50 bits per heavy atom. The number of carbonyl (C=O) groups is 1. The molecule has 2 aromatic rings. The van der Waals surface area contributed by atoms with Crippen LogP contribution < -0.4 is 5.32 Å². The summed E-state index contributed by atoms with van der Waals surface area (Å²) >= 11 is 7.78. The highest BCUT2D eigenvalue weighted by Gasteiger charge is 2.27. The first-order valence-electron chi connectivity index (χ1n) is 8.30. The normalized spacial score (nSPS) is 17.9.